The SMILES string of the molecule is CCCCCCCCCCCCCCCCCCOC[C@@H](O)COC1CCCCO1. The van der Waals surface area contributed by atoms with Gasteiger partial charge < -0.3 is 19.3 Å². The van der Waals surface area contributed by atoms with Crippen LogP contribution in [0.1, 0.15) is 129 Å². The van der Waals surface area contributed by atoms with E-state index in [2.05, 4.69) is 6.92 Å². The predicted octanol–water partition coefficient (Wildman–Crippen LogP) is 7.17. The summed E-state index contributed by atoms with van der Waals surface area (Å²) in [6, 6.07) is 0. The van der Waals surface area contributed by atoms with E-state index >= 15 is 0 Å². The second-order valence-corrected chi connectivity index (χ2v) is 9.16. The Bertz CT molecular complexity index is 331. The van der Waals surface area contributed by atoms with Crippen LogP contribution in [0.25, 0.3) is 0 Å². The van der Waals surface area contributed by atoms with Gasteiger partial charge in [-0.1, -0.05) is 103 Å². The first-order valence-electron chi connectivity index (χ1n) is 13.3. The molecule has 0 radical (unpaired) electrons. The van der Waals surface area contributed by atoms with E-state index in [9.17, 15) is 5.11 Å². The van der Waals surface area contributed by atoms with Crippen molar-refractivity contribution < 1.29 is 19.3 Å². The van der Waals surface area contributed by atoms with Crippen LogP contribution in [0, 0.1) is 0 Å². The molecule has 1 rings (SSSR count). The molecule has 1 N–H and O–H groups in total. The van der Waals surface area contributed by atoms with Crippen LogP contribution in [0.4, 0.5) is 0 Å². The van der Waals surface area contributed by atoms with E-state index < -0.39 is 6.10 Å². The molecule has 0 aromatic heterocycles. The lowest BCUT2D eigenvalue weighted by Gasteiger charge is -2.23. The molecule has 2 atom stereocenters. The molecule has 0 spiro atoms. The molecule has 1 heterocycles. The molecule has 0 bridgehead atoms. The Morgan fingerprint density at radius 3 is 1.77 bits per heavy atom. The van der Waals surface area contributed by atoms with Gasteiger partial charge in [0.05, 0.1) is 13.2 Å². The molecule has 1 aliphatic rings. The summed E-state index contributed by atoms with van der Waals surface area (Å²) in [7, 11) is 0. The van der Waals surface area contributed by atoms with E-state index in [-0.39, 0.29) is 6.29 Å². The zero-order valence-electron chi connectivity index (χ0n) is 20.1. The number of hydrogen-bond donors (Lipinski definition) is 1. The standard InChI is InChI=1S/C26H52O4/c1-2-3-4-5-6-7-8-9-10-11-12-13-14-15-16-18-21-28-23-25(27)24-30-26-20-17-19-22-29-26/h25-27H,2-24H2,1H3/t25-,26?/m1/s1. The second kappa shape index (κ2) is 22.0. The van der Waals surface area contributed by atoms with Gasteiger partial charge >= 0.3 is 0 Å². The highest BCUT2D eigenvalue weighted by Crippen LogP contribution is 2.15. The van der Waals surface area contributed by atoms with Gasteiger partial charge in [-0.25, -0.2) is 0 Å². The Morgan fingerprint density at radius 2 is 1.27 bits per heavy atom. The maximum absolute atomic E-state index is 9.91. The number of rotatable bonds is 22. The molecule has 4 heteroatoms. The van der Waals surface area contributed by atoms with E-state index in [1.807, 2.05) is 0 Å². The Hall–Kier alpha value is -0.160. The number of aliphatic hydroxyl groups is 1. The van der Waals surface area contributed by atoms with Crippen LogP contribution < -0.4 is 0 Å². The van der Waals surface area contributed by atoms with Crippen molar-refractivity contribution in [2.24, 2.45) is 0 Å². The highest BCUT2D eigenvalue weighted by atomic mass is 16.7. The maximum Gasteiger partial charge on any atom is 0.157 e. The molecule has 4 nitrogen and oxygen atoms in total. The summed E-state index contributed by atoms with van der Waals surface area (Å²) in [6.07, 6.45) is 24.6. The summed E-state index contributed by atoms with van der Waals surface area (Å²) >= 11 is 0. The zero-order chi connectivity index (χ0) is 21.5. The van der Waals surface area contributed by atoms with Crippen LogP contribution in [-0.4, -0.2) is 43.9 Å². The lowest BCUT2D eigenvalue weighted by atomic mass is 10.0. The summed E-state index contributed by atoms with van der Waals surface area (Å²) in [5.41, 5.74) is 0. The molecular formula is C26H52O4. The Morgan fingerprint density at radius 1 is 0.733 bits per heavy atom. The monoisotopic (exact) mass is 428 g/mol. The summed E-state index contributed by atoms with van der Waals surface area (Å²) < 4.78 is 16.7. The van der Waals surface area contributed by atoms with Crippen LogP contribution in [0.15, 0.2) is 0 Å². The molecule has 0 aliphatic carbocycles. The lowest BCUT2D eigenvalue weighted by Crippen LogP contribution is -2.29. The van der Waals surface area contributed by atoms with Crippen LogP contribution in [0.2, 0.25) is 0 Å². The van der Waals surface area contributed by atoms with Gasteiger partial charge in [-0.3, -0.25) is 0 Å². The van der Waals surface area contributed by atoms with E-state index in [1.165, 1.54) is 96.3 Å². The molecule has 0 aromatic carbocycles. The van der Waals surface area contributed by atoms with Gasteiger partial charge in [0.2, 0.25) is 0 Å². The van der Waals surface area contributed by atoms with E-state index in [4.69, 9.17) is 14.2 Å². The second-order valence-electron chi connectivity index (χ2n) is 9.16. The first-order chi connectivity index (χ1) is 14.8. The Kier molecular flexibility index (Phi) is 20.5. The molecule has 1 unspecified atom stereocenters. The normalized spacial score (nSPS) is 18.0. The van der Waals surface area contributed by atoms with E-state index in [0.29, 0.717) is 13.2 Å². The number of unbranched alkanes of at least 4 members (excludes halogenated alkanes) is 15. The van der Waals surface area contributed by atoms with Crippen molar-refractivity contribution in [3.63, 3.8) is 0 Å². The van der Waals surface area contributed by atoms with Gasteiger partial charge in [-0.05, 0) is 25.7 Å². The van der Waals surface area contributed by atoms with Crippen molar-refractivity contribution in [3.8, 4) is 0 Å². The van der Waals surface area contributed by atoms with E-state index in [1.54, 1.807) is 0 Å². The van der Waals surface area contributed by atoms with Gasteiger partial charge in [0.1, 0.15) is 6.10 Å². The van der Waals surface area contributed by atoms with Crippen molar-refractivity contribution in [1.82, 2.24) is 0 Å². The third-order valence-electron chi connectivity index (χ3n) is 6.06. The molecular weight excluding hydrogens is 376 g/mol. The minimum Gasteiger partial charge on any atom is -0.388 e. The number of aliphatic hydroxyl groups excluding tert-OH is 1. The fourth-order valence-corrected chi connectivity index (χ4v) is 4.08. The highest BCUT2D eigenvalue weighted by Gasteiger charge is 2.15. The largest absolute Gasteiger partial charge is 0.388 e. The predicted molar refractivity (Wildman–Crippen MR) is 126 cm³/mol. The van der Waals surface area contributed by atoms with Crippen LogP contribution in [0.3, 0.4) is 0 Å². The number of ether oxygens (including phenoxy) is 3. The molecule has 0 amide bonds. The van der Waals surface area contributed by atoms with Crippen LogP contribution >= 0.6 is 0 Å². The van der Waals surface area contributed by atoms with Gasteiger partial charge in [0.15, 0.2) is 6.29 Å². The first kappa shape index (κ1) is 27.9. The lowest BCUT2D eigenvalue weighted by molar-refractivity contribution is -0.179. The highest BCUT2D eigenvalue weighted by molar-refractivity contribution is 4.57. The average Bonchev–Trinajstić information content (AvgIpc) is 2.77. The molecule has 30 heavy (non-hydrogen) atoms. The topological polar surface area (TPSA) is 47.9 Å². The summed E-state index contributed by atoms with van der Waals surface area (Å²) in [4.78, 5) is 0. The molecule has 1 fully saturated rings. The molecule has 0 aromatic rings. The zero-order valence-corrected chi connectivity index (χ0v) is 20.1. The van der Waals surface area contributed by atoms with Crippen molar-refractivity contribution in [1.29, 1.82) is 0 Å². The molecule has 1 aliphatic heterocycles. The minimum absolute atomic E-state index is 0.131. The number of hydrogen-bond acceptors (Lipinski definition) is 4. The van der Waals surface area contributed by atoms with Crippen molar-refractivity contribution in [2.45, 2.75) is 141 Å². The molecule has 180 valence electrons. The van der Waals surface area contributed by atoms with Gasteiger partial charge in [-0.2, -0.15) is 0 Å². The Balaban J connectivity index is 1.69. The smallest absolute Gasteiger partial charge is 0.157 e. The maximum atomic E-state index is 9.91. The van der Waals surface area contributed by atoms with Crippen LogP contribution in [0.5, 0.6) is 0 Å². The fraction of sp³-hybridized carbons (Fsp3) is 1.00. The first-order valence-corrected chi connectivity index (χ1v) is 13.3. The third-order valence-corrected chi connectivity index (χ3v) is 6.06. The van der Waals surface area contributed by atoms with Gasteiger partial charge in [0.25, 0.3) is 0 Å². The average molecular weight is 429 g/mol. The van der Waals surface area contributed by atoms with E-state index in [0.717, 1.165) is 38.9 Å². The third kappa shape index (κ3) is 18.6. The molecule has 0 saturated carbocycles. The fourth-order valence-electron chi connectivity index (χ4n) is 4.08. The van der Waals surface area contributed by atoms with Gasteiger partial charge in [0, 0.05) is 13.2 Å². The molecule has 1 saturated heterocycles. The quantitative estimate of drug-likeness (QED) is 0.186. The van der Waals surface area contributed by atoms with Crippen molar-refractivity contribution in [3.05, 3.63) is 0 Å². The Labute approximate surface area is 187 Å². The summed E-state index contributed by atoms with van der Waals surface area (Å²) in [5.74, 6) is 0. The van der Waals surface area contributed by atoms with Crippen molar-refractivity contribution in [2.75, 3.05) is 26.4 Å². The van der Waals surface area contributed by atoms with Crippen LogP contribution in [-0.2, 0) is 14.2 Å². The van der Waals surface area contributed by atoms with Gasteiger partial charge in [-0.15, -0.1) is 0 Å². The summed E-state index contributed by atoms with van der Waals surface area (Å²) in [5, 5.41) is 9.91. The minimum atomic E-state index is -0.545. The summed E-state index contributed by atoms with van der Waals surface area (Å²) in [6.45, 7) is 4.48. The van der Waals surface area contributed by atoms with Crippen molar-refractivity contribution >= 4 is 0 Å².